The molecule has 0 fully saturated rings. The predicted molar refractivity (Wildman–Crippen MR) is 61.7 cm³/mol. The van der Waals surface area contributed by atoms with Crippen molar-refractivity contribution in [2.75, 3.05) is 0 Å². The van der Waals surface area contributed by atoms with Crippen LogP contribution >= 0.6 is 27.3 Å². The summed E-state index contributed by atoms with van der Waals surface area (Å²) in [5.74, 6) is 0.713. The first kappa shape index (κ1) is 11.2. The molecule has 2 rings (SSSR count). The van der Waals surface area contributed by atoms with Gasteiger partial charge < -0.3 is 4.52 Å². The lowest BCUT2D eigenvalue weighted by molar-refractivity contribution is 0.341. The highest BCUT2D eigenvalue weighted by atomic mass is 79.9. The second kappa shape index (κ2) is 3.96. The molecule has 0 aliphatic rings. The van der Waals surface area contributed by atoms with Crippen LogP contribution in [0.25, 0.3) is 10.8 Å². The molecule has 5 nitrogen and oxygen atoms in total. The maximum atomic E-state index is 8.93. The van der Waals surface area contributed by atoms with Crippen LogP contribution in [-0.2, 0) is 5.41 Å². The van der Waals surface area contributed by atoms with Crippen molar-refractivity contribution in [3.8, 4) is 16.9 Å². The summed E-state index contributed by atoms with van der Waals surface area (Å²) >= 11 is 4.72. The third kappa shape index (κ3) is 1.99. The van der Waals surface area contributed by atoms with Gasteiger partial charge >= 0.3 is 0 Å². The number of hydrogen-bond acceptors (Lipinski definition) is 6. The molecule has 2 aromatic heterocycles. The van der Waals surface area contributed by atoms with Crippen LogP contribution in [0.4, 0.5) is 0 Å². The Kier molecular flexibility index (Phi) is 2.78. The minimum absolute atomic E-state index is 0.302. The Labute approximate surface area is 104 Å². The first-order valence-electron chi connectivity index (χ1n) is 4.40. The summed E-state index contributed by atoms with van der Waals surface area (Å²) in [6.07, 6.45) is 1.67. The second-order valence-electron chi connectivity index (χ2n) is 3.63. The molecule has 0 saturated heterocycles. The van der Waals surface area contributed by atoms with E-state index in [9.17, 15) is 0 Å². The molecular formula is C9H7BrN4OS. The van der Waals surface area contributed by atoms with E-state index in [1.54, 1.807) is 20.0 Å². The van der Waals surface area contributed by atoms with Gasteiger partial charge in [0.1, 0.15) is 5.41 Å². The molecule has 0 unspecified atom stereocenters. The minimum Gasteiger partial charge on any atom is -0.337 e. The maximum absolute atomic E-state index is 8.93. The largest absolute Gasteiger partial charge is 0.337 e. The molecule has 0 bridgehead atoms. The molecule has 0 aliphatic heterocycles. The van der Waals surface area contributed by atoms with Crippen molar-refractivity contribution in [1.29, 1.82) is 5.26 Å². The molecule has 0 N–H and O–H groups in total. The maximum Gasteiger partial charge on any atom is 0.246 e. The highest BCUT2D eigenvalue weighted by molar-refractivity contribution is 9.11. The Morgan fingerprint density at radius 3 is 2.88 bits per heavy atom. The van der Waals surface area contributed by atoms with Crippen molar-refractivity contribution in [2.45, 2.75) is 19.3 Å². The minimum atomic E-state index is -0.778. The van der Waals surface area contributed by atoms with Gasteiger partial charge in [0, 0.05) is 0 Å². The summed E-state index contributed by atoms with van der Waals surface area (Å²) in [6, 6.07) is 2.11. The van der Waals surface area contributed by atoms with Crippen LogP contribution in [0.2, 0.25) is 0 Å². The lowest BCUT2D eigenvalue weighted by Crippen LogP contribution is -2.14. The van der Waals surface area contributed by atoms with Gasteiger partial charge in [-0.3, -0.25) is 0 Å². The first-order chi connectivity index (χ1) is 7.53. The van der Waals surface area contributed by atoms with E-state index in [2.05, 4.69) is 37.1 Å². The fourth-order valence-corrected chi connectivity index (χ4v) is 2.10. The van der Waals surface area contributed by atoms with E-state index in [0.29, 0.717) is 16.7 Å². The number of nitriles is 1. The molecule has 16 heavy (non-hydrogen) atoms. The predicted octanol–water partition coefficient (Wildman–Crippen LogP) is 2.76. The van der Waals surface area contributed by atoms with Crippen molar-refractivity contribution < 1.29 is 4.52 Å². The molecule has 0 amide bonds. The summed E-state index contributed by atoms with van der Waals surface area (Å²) in [4.78, 5) is 8.27. The summed E-state index contributed by atoms with van der Waals surface area (Å²) in [7, 11) is 0. The number of aromatic nitrogens is 3. The summed E-state index contributed by atoms with van der Waals surface area (Å²) in [5, 5.41) is 13.4. The van der Waals surface area contributed by atoms with Gasteiger partial charge in [-0.25, -0.2) is 4.98 Å². The van der Waals surface area contributed by atoms with E-state index in [-0.39, 0.29) is 0 Å². The number of rotatable bonds is 2. The molecule has 0 aliphatic carbocycles. The van der Waals surface area contributed by atoms with E-state index < -0.39 is 5.41 Å². The Bertz CT molecular complexity index is 554. The van der Waals surface area contributed by atoms with Gasteiger partial charge in [0.05, 0.1) is 16.1 Å². The zero-order valence-corrected chi connectivity index (χ0v) is 11.0. The van der Waals surface area contributed by atoms with E-state index >= 15 is 0 Å². The Morgan fingerprint density at radius 1 is 1.56 bits per heavy atom. The van der Waals surface area contributed by atoms with E-state index in [1.807, 2.05) is 0 Å². The molecular weight excluding hydrogens is 292 g/mol. The van der Waals surface area contributed by atoms with E-state index in [0.717, 1.165) is 3.79 Å². The molecule has 0 aromatic carbocycles. The van der Waals surface area contributed by atoms with Gasteiger partial charge in [-0.05, 0) is 29.8 Å². The Morgan fingerprint density at radius 2 is 2.31 bits per heavy atom. The van der Waals surface area contributed by atoms with Gasteiger partial charge in [-0.1, -0.05) is 5.16 Å². The number of halogens is 1. The van der Waals surface area contributed by atoms with Crippen molar-refractivity contribution in [3.63, 3.8) is 0 Å². The standard InChI is InChI=1S/C9H7BrN4OS/c1-9(2,4-11)8-13-6(14-15-8)7-12-3-5(10)16-7/h3H,1-2H3. The summed E-state index contributed by atoms with van der Waals surface area (Å²) < 4.78 is 5.95. The second-order valence-corrected chi connectivity index (χ2v) is 6.04. The lowest BCUT2D eigenvalue weighted by atomic mass is 9.96. The molecule has 0 radical (unpaired) electrons. The van der Waals surface area contributed by atoms with Crippen LogP contribution in [-0.4, -0.2) is 15.1 Å². The SMILES string of the molecule is CC(C)(C#N)c1nc(-c2ncc(Br)s2)no1. The molecule has 7 heteroatoms. The zero-order valence-electron chi connectivity index (χ0n) is 8.56. The Balaban J connectivity index is 2.38. The average Bonchev–Trinajstić information content (AvgIpc) is 2.85. The number of thiazole rings is 1. The molecule has 0 saturated carbocycles. The van der Waals surface area contributed by atoms with Crippen LogP contribution < -0.4 is 0 Å². The van der Waals surface area contributed by atoms with Crippen molar-refractivity contribution >= 4 is 27.3 Å². The molecule has 2 aromatic rings. The summed E-state index contributed by atoms with van der Waals surface area (Å²) in [6.45, 7) is 3.45. The molecule has 0 spiro atoms. The topological polar surface area (TPSA) is 75.6 Å². The highest BCUT2D eigenvalue weighted by Crippen LogP contribution is 2.28. The summed E-state index contributed by atoms with van der Waals surface area (Å²) in [5.41, 5.74) is -0.778. The van der Waals surface area contributed by atoms with E-state index in [4.69, 9.17) is 9.78 Å². The normalized spacial score (nSPS) is 11.4. The van der Waals surface area contributed by atoms with Gasteiger partial charge in [0.15, 0.2) is 5.01 Å². The zero-order chi connectivity index (χ0) is 11.8. The van der Waals surface area contributed by atoms with Crippen LogP contribution in [0.15, 0.2) is 14.5 Å². The van der Waals surface area contributed by atoms with Gasteiger partial charge in [-0.2, -0.15) is 10.2 Å². The smallest absolute Gasteiger partial charge is 0.246 e. The van der Waals surface area contributed by atoms with Crippen molar-refractivity contribution in [1.82, 2.24) is 15.1 Å². The molecule has 82 valence electrons. The average molecular weight is 299 g/mol. The van der Waals surface area contributed by atoms with Crippen LogP contribution in [0.5, 0.6) is 0 Å². The molecule has 2 heterocycles. The number of hydrogen-bond donors (Lipinski definition) is 0. The fraction of sp³-hybridized carbons (Fsp3) is 0.333. The van der Waals surface area contributed by atoms with Crippen molar-refractivity contribution in [3.05, 3.63) is 15.9 Å². The van der Waals surface area contributed by atoms with E-state index in [1.165, 1.54) is 11.3 Å². The quantitative estimate of drug-likeness (QED) is 0.852. The first-order valence-corrected chi connectivity index (χ1v) is 6.01. The van der Waals surface area contributed by atoms with Crippen LogP contribution in [0.1, 0.15) is 19.7 Å². The van der Waals surface area contributed by atoms with Gasteiger partial charge in [0.25, 0.3) is 0 Å². The number of nitrogens with zero attached hydrogens (tertiary/aromatic N) is 4. The lowest BCUT2D eigenvalue weighted by Gasteiger charge is -2.06. The van der Waals surface area contributed by atoms with Gasteiger partial charge in [0.2, 0.25) is 11.7 Å². The monoisotopic (exact) mass is 298 g/mol. The molecule has 0 atom stereocenters. The Hall–Kier alpha value is -1.26. The third-order valence-corrected chi connectivity index (χ3v) is 3.38. The van der Waals surface area contributed by atoms with Crippen LogP contribution in [0.3, 0.4) is 0 Å². The third-order valence-electron chi connectivity index (χ3n) is 1.91. The van der Waals surface area contributed by atoms with Crippen molar-refractivity contribution in [2.24, 2.45) is 0 Å². The fourth-order valence-electron chi connectivity index (χ4n) is 0.970. The van der Waals surface area contributed by atoms with Crippen LogP contribution in [0, 0.1) is 11.3 Å². The van der Waals surface area contributed by atoms with Gasteiger partial charge in [-0.15, -0.1) is 11.3 Å². The highest BCUT2D eigenvalue weighted by Gasteiger charge is 2.28.